The summed E-state index contributed by atoms with van der Waals surface area (Å²) in [6.07, 6.45) is -0.0751. The van der Waals surface area contributed by atoms with E-state index >= 15 is 0 Å². The van der Waals surface area contributed by atoms with Crippen molar-refractivity contribution < 1.29 is 10.2 Å². The zero-order valence-electron chi connectivity index (χ0n) is 5.10. The van der Waals surface area contributed by atoms with E-state index in [4.69, 9.17) is 10.2 Å². The third-order valence-electron chi connectivity index (χ3n) is 1.07. The van der Waals surface area contributed by atoms with Gasteiger partial charge < -0.3 is 10.2 Å². The van der Waals surface area contributed by atoms with Crippen molar-refractivity contribution in [1.82, 2.24) is 4.98 Å². The average molecular weight is 157 g/mol. The van der Waals surface area contributed by atoms with Crippen LogP contribution in [0.5, 0.6) is 0 Å². The molecule has 0 aliphatic heterocycles. The van der Waals surface area contributed by atoms with Crippen molar-refractivity contribution in [3.05, 3.63) is 23.9 Å². The molecule has 0 atom stereocenters. The topological polar surface area (TPSA) is 53.4 Å². The minimum Gasteiger partial charge on any atom is -0.364 e. The quantitative estimate of drug-likeness (QED) is 0.407. The molecule has 0 saturated carbocycles. The Hall–Kier alpha value is -0.580. The van der Waals surface area contributed by atoms with Gasteiger partial charge in [0.2, 0.25) is 0 Å². The highest BCUT2D eigenvalue weighted by atomic mass is 32.1. The van der Waals surface area contributed by atoms with Gasteiger partial charge in [-0.1, -0.05) is 0 Å². The molecule has 0 aliphatic carbocycles. The van der Waals surface area contributed by atoms with Crippen LogP contribution in [0.15, 0.2) is 23.4 Å². The van der Waals surface area contributed by atoms with Crippen molar-refractivity contribution in [3.63, 3.8) is 0 Å². The van der Waals surface area contributed by atoms with E-state index in [2.05, 4.69) is 17.6 Å². The van der Waals surface area contributed by atoms with Crippen LogP contribution in [0.3, 0.4) is 0 Å². The number of hydrogen-bond acceptors (Lipinski definition) is 4. The minimum absolute atomic E-state index is 0.373. The van der Waals surface area contributed by atoms with Gasteiger partial charge in [0.05, 0.1) is 5.03 Å². The highest BCUT2D eigenvalue weighted by Crippen LogP contribution is 2.09. The Morgan fingerprint density at radius 3 is 2.50 bits per heavy atom. The summed E-state index contributed by atoms with van der Waals surface area (Å²) in [6, 6.07) is 3.15. The molecule has 0 fully saturated rings. The molecule has 0 amide bonds. The lowest BCUT2D eigenvalue weighted by Crippen LogP contribution is -1.94. The molecule has 1 rings (SSSR count). The molecular weight excluding hydrogens is 150 g/mol. The van der Waals surface area contributed by atoms with Gasteiger partial charge in [-0.2, -0.15) is 0 Å². The van der Waals surface area contributed by atoms with Gasteiger partial charge in [0.1, 0.15) is 0 Å². The Morgan fingerprint density at radius 2 is 2.10 bits per heavy atom. The maximum absolute atomic E-state index is 8.61. The van der Waals surface area contributed by atoms with Crippen molar-refractivity contribution >= 4 is 12.6 Å². The van der Waals surface area contributed by atoms with Crippen molar-refractivity contribution in [2.24, 2.45) is 0 Å². The Morgan fingerprint density at radius 1 is 1.40 bits per heavy atom. The number of aliphatic hydroxyl groups excluding tert-OH is 1. The lowest BCUT2D eigenvalue weighted by molar-refractivity contribution is -0.0427. The molecule has 10 heavy (non-hydrogen) atoms. The Labute approximate surface area is 63.8 Å². The molecule has 0 aromatic carbocycles. The molecule has 0 saturated heterocycles. The van der Waals surface area contributed by atoms with Crippen LogP contribution in [0.4, 0.5) is 0 Å². The van der Waals surface area contributed by atoms with Crippen molar-refractivity contribution in [2.45, 2.75) is 11.3 Å². The first kappa shape index (κ1) is 7.53. The van der Waals surface area contributed by atoms with Crippen LogP contribution in [-0.2, 0) is 0 Å². The standard InChI is InChI=1S/C6H7NO2S/c8-6(9)4-1-2-5(10)7-3-4/h1-3,6,8-9H,(H,7,10). The fraction of sp³-hybridized carbons (Fsp3) is 0.167. The second-order valence-corrected chi connectivity index (χ2v) is 2.28. The van der Waals surface area contributed by atoms with E-state index < -0.39 is 6.29 Å². The molecule has 1 aromatic heterocycles. The van der Waals surface area contributed by atoms with E-state index in [1.54, 1.807) is 12.1 Å². The third-order valence-corrected chi connectivity index (χ3v) is 1.33. The second kappa shape index (κ2) is 3.01. The summed E-state index contributed by atoms with van der Waals surface area (Å²) in [5.41, 5.74) is 0.373. The molecular formula is C6H7NO2S. The summed E-state index contributed by atoms with van der Waals surface area (Å²) in [5, 5.41) is 17.8. The van der Waals surface area contributed by atoms with Gasteiger partial charge >= 0.3 is 0 Å². The molecule has 4 heteroatoms. The molecule has 54 valence electrons. The SMILES string of the molecule is OC(O)c1ccc(S)nc1. The molecule has 3 nitrogen and oxygen atoms in total. The summed E-state index contributed by atoms with van der Waals surface area (Å²) < 4.78 is 0. The predicted octanol–water partition coefficient (Wildman–Crippen LogP) is 0.354. The first-order chi connectivity index (χ1) is 4.70. The van der Waals surface area contributed by atoms with Crippen LogP contribution < -0.4 is 0 Å². The first-order valence-corrected chi connectivity index (χ1v) is 3.16. The van der Waals surface area contributed by atoms with Crippen LogP contribution in [0, 0.1) is 0 Å². The molecule has 1 aromatic rings. The van der Waals surface area contributed by atoms with Crippen LogP contribution in [0.25, 0.3) is 0 Å². The van der Waals surface area contributed by atoms with E-state index in [0.29, 0.717) is 10.6 Å². The maximum atomic E-state index is 8.61. The Bertz CT molecular complexity index is 209. The molecule has 0 spiro atoms. The lowest BCUT2D eigenvalue weighted by Gasteiger charge is -2.00. The number of aromatic nitrogens is 1. The molecule has 0 bridgehead atoms. The van der Waals surface area contributed by atoms with E-state index in [1.807, 2.05) is 0 Å². The largest absolute Gasteiger partial charge is 0.364 e. The Kier molecular flexibility index (Phi) is 2.26. The average Bonchev–Trinajstić information content (AvgIpc) is 1.88. The van der Waals surface area contributed by atoms with Crippen LogP contribution in [-0.4, -0.2) is 15.2 Å². The van der Waals surface area contributed by atoms with Gasteiger partial charge in [0, 0.05) is 11.8 Å². The van der Waals surface area contributed by atoms with Gasteiger partial charge in [0.25, 0.3) is 0 Å². The summed E-state index contributed by atoms with van der Waals surface area (Å²) in [4.78, 5) is 3.74. The normalized spacial score (nSPS) is 10.4. The van der Waals surface area contributed by atoms with Crippen LogP contribution in [0.2, 0.25) is 0 Å². The summed E-state index contributed by atoms with van der Waals surface area (Å²) in [7, 11) is 0. The summed E-state index contributed by atoms with van der Waals surface area (Å²) in [6.45, 7) is 0. The van der Waals surface area contributed by atoms with Gasteiger partial charge in [-0.3, -0.25) is 0 Å². The van der Waals surface area contributed by atoms with E-state index in [-0.39, 0.29) is 0 Å². The van der Waals surface area contributed by atoms with Gasteiger partial charge in [-0.05, 0) is 12.1 Å². The van der Waals surface area contributed by atoms with Gasteiger partial charge in [-0.25, -0.2) is 4.98 Å². The highest BCUT2D eigenvalue weighted by molar-refractivity contribution is 7.80. The fourth-order valence-electron chi connectivity index (χ4n) is 0.550. The van der Waals surface area contributed by atoms with E-state index in [0.717, 1.165) is 0 Å². The second-order valence-electron chi connectivity index (χ2n) is 1.82. The first-order valence-electron chi connectivity index (χ1n) is 2.71. The minimum atomic E-state index is -1.44. The Balaban J connectivity index is 2.89. The predicted molar refractivity (Wildman–Crippen MR) is 38.7 cm³/mol. The number of aliphatic hydroxyl groups is 2. The summed E-state index contributed by atoms with van der Waals surface area (Å²) in [5.74, 6) is 0. The zero-order valence-corrected chi connectivity index (χ0v) is 5.99. The number of thiol groups is 1. The fourth-order valence-corrected chi connectivity index (χ4v) is 0.683. The van der Waals surface area contributed by atoms with Gasteiger partial charge in [0.15, 0.2) is 6.29 Å². The van der Waals surface area contributed by atoms with E-state index in [1.165, 1.54) is 6.20 Å². The number of hydrogen-bond donors (Lipinski definition) is 3. The van der Waals surface area contributed by atoms with Crippen molar-refractivity contribution in [1.29, 1.82) is 0 Å². The van der Waals surface area contributed by atoms with Gasteiger partial charge in [-0.15, -0.1) is 12.6 Å². The van der Waals surface area contributed by atoms with Crippen LogP contribution >= 0.6 is 12.6 Å². The van der Waals surface area contributed by atoms with Crippen molar-refractivity contribution in [2.75, 3.05) is 0 Å². The molecule has 0 unspecified atom stereocenters. The summed E-state index contributed by atoms with van der Waals surface area (Å²) >= 11 is 3.93. The molecule has 1 heterocycles. The highest BCUT2D eigenvalue weighted by Gasteiger charge is 2.00. The third kappa shape index (κ3) is 1.70. The van der Waals surface area contributed by atoms with Crippen molar-refractivity contribution in [3.8, 4) is 0 Å². The molecule has 0 aliphatic rings. The number of nitrogens with zero attached hydrogens (tertiary/aromatic N) is 1. The monoisotopic (exact) mass is 157 g/mol. The zero-order chi connectivity index (χ0) is 7.56. The van der Waals surface area contributed by atoms with Crippen LogP contribution in [0.1, 0.15) is 11.9 Å². The number of rotatable bonds is 1. The lowest BCUT2D eigenvalue weighted by atomic mass is 10.3. The molecule has 0 radical (unpaired) electrons. The van der Waals surface area contributed by atoms with E-state index in [9.17, 15) is 0 Å². The maximum Gasteiger partial charge on any atom is 0.179 e. The smallest absolute Gasteiger partial charge is 0.179 e. The molecule has 2 N–H and O–H groups in total. The number of pyridine rings is 1.